The topological polar surface area (TPSA) is 52.0 Å². The predicted molar refractivity (Wildman–Crippen MR) is 65.7 cm³/mol. The van der Waals surface area contributed by atoms with Crippen molar-refractivity contribution in [3.05, 3.63) is 11.9 Å². The van der Waals surface area contributed by atoms with Crippen LogP contribution in [0.3, 0.4) is 0 Å². The van der Waals surface area contributed by atoms with Gasteiger partial charge in [-0.3, -0.25) is 4.68 Å². The fourth-order valence-electron chi connectivity index (χ4n) is 2.27. The Hall–Kier alpha value is -0.940. The summed E-state index contributed by atoms with van der Waals surface area (Å²) in [6.45, 7) is 7.02. The standard InChI is InChI=1S/C12H22N4O/c1-10(2)13-8-12(4-5-17-9-12)6-11-7-16(3)15-14-11/h7,10,13H,4-6,8-9H2,1-3H3. The van der Waals surface area contributed by atoms with Gasteiger partial charge in [0, 0.05) is 44.3 Å². The summed E-state index contributed by atoms with van der Waals surface area (Å²) < 4.78 is 7.34. The Morgan fingerprint density at radius 2 is 2.41 bits per heavy atom. The van der Waals surface area contributed by atoms with Gasteiger partial charge < -0.3 is 10.1 Å². The Labute approximate surface area is 103 Å². The van der Waals surface area contributed by atoms with Gasteiger partial charge in [-0.05, 0) is 6.42 Å². The van der Waals surface area contributed by atoms with E-state index >= 15 is 0 Å². The van der Waals surface area contributed by atoms with Gasteiger partial charge in [-0.1, -0.05) is 19.1 Å². The molecule has 1 aromatic heterocycles. The van der Waals surface area contributed by atoms with Crippen LogP contribution in [0.15, 0.2) is 6.20 Å². The lowest BCUT2D eigenvalue weighted by atomic mass is 9.82. The summed E-state index contributed by atoms with van der Waals surface area (Å²) in [6.07, 6.45) is 4.04. The molecule has 96 valence electrons. The minimum absolute atomic E-state index is 0.195. The molecule has 1 saturated heterocycles. The zero-order valence-electron chi connectivity index (χ0n) is 10.9. The van der Waals surface area contributed by atoms with Crippen LogP contribution in [0.5, 0.6) is 0 Å². The van der Waals surface area contributed by atoms with Crippen molar-refractivity contribution in [3.8, 4) is 0 Å². The molecule has 0 aromatic carbocycles. The molecular formula is C12H22N4O. The Balaban J connectivity index is 2.01. The maximum absolute atomic E-state index is 5.58. The second-order valence-electron chi connectivity index (χ2n) is 5.40. The summed E-state index contributed by atoms with van der Waals surface area (Å²) in [4.78, 5) is 0. The van der Waals surface area contributed by atoms with Crippen molar-refractivity contribution in [2.24, 2.45) is 12.5 Å². The summed E-state index contributed by atoms with van der Waals surface area (Å²) >= 11 is 0. The normalized spacial score (nSPS) is 24.7. The first-order valence-electron chi connectivity index (χ1n) is 6.26. The molecular weight excluding hydrogens is 216 g/mol. The van der Waals surface area contributed by atoms with Crippen molar-refractivity contribution in [3.63, 3.8) is 0 Å². The molecule has 1 unspecified atom stereocenters. The lowest BCUT2D eigenvalue weighted by Gasteiger charge is -2.27. The second kappa shape index (κ2) is 5.14. The van der Waals surface area contributed by atoms with Gasteiger partial charge in [0.1, 0.15) is 0 Å². The molecule has 1 aromatic rings. The Morgan fingerprint density at radius 1 is 1.59 bits per heavy atom. The molecule has 1 atom stereocenters. The molecule has 2 heterocycles. The van der Waals surface area contributed by atoms with Crippen LogP contribution < -0.4 is 5.32 Å². The van der Waals surface area contributed by atoms with Crippen molar-refractivity contribution in [2.75, 3.05) is 19.8 Å². The van der Waals surface area contributed by atoms with Crippen LogP contribution in [-0.2, 0) is 18.2 Å². The van der Waals surface area contributed by atoms with E-state index in [1.165, 1.54) is 0 Å². The van der Waals surface area contributed by atoms with Crippen LogP contribution in [0.4, 0.5) is 0 Å². The first kappa shape index (κ1) is 12.5. The largest absolute Gasteiger partial charge is 0.381 e. The number of hydrogen-bond acceptors (Lipinski definition) is 4. The number of aryl methyl sites for hydroxylation is 1. The summed E-state index contributed by atoms with van der Waals surface area (Å²) in [5.74, 6) is 0. The highest BCUT2D eigenvalue weighted by atomic mass is 16.5. The molecule has 5 nitrogen and oxygen atoms in total. The van der Waals surface area contributed by atoms with Crippen LogP contribution in [-0.4, -0.2) is 40.8 Å². The summed E-state index contributed by atoms with van der Waals surface area (Å²) in [5.41, 5.74) is 1.25. The minimum atomic E-state index is 0.195. The molecule has 0 radical (unpaired) electrons. The van der Waals surface area contributed by atoms with Crippen molar-refractivity contribution in [1.82, 2.24) is 20.3 Å². The van der Waals surface area contributed by atoms with E-state index in [0.717, 1.165) is 38.3 Å². The van der Waals surface area contributed by atoms with E-state index in [9.17, 15) is 0 Å². The van der Waals surface area contributed by atoms with E-state index in [0.29, 0.717) is 6.04 Å². The Kier molecular flexibility index (Phi) is 3.79. The van der Waals surface area contributed by atoms with E-state index in [-0.39, 0.29) is 5.41 Å². The average molecular weight is 238 g/mol. The van der Waals surface area contributed by atoms with Gasteiger partial charge in [0.05, 0.1) is 12.3 Å². The molecule has 17 heavy (non-hydrogen) atoms. The zero-order chi connectivity index (χ0) is 12.3. The molecule has 0 aliphatic carbocycles. The maximum atomic E-state index is 5.58. The van der Waals surface area contributed by atoms with Crippen molar-refractivity contribution in [2.45, 2.75) is 32.7 Å². The lowest BCUT2D eigenvalue weighted by molar-refractivity contribution is 0.147. The molecule has 0 bridgehead atoms. The van der Waals surface area contributed by atoms with Gasteiger partial charge in [-0.25, -0.2) is 0 Å². The van der Waals surface area contributed by atoms with E-state index in [1.54, 1.807) is 4.68 Å². The monoisotopic (exact) mass is 238 g/mol. The molecule has 1 N–H and O–H groups in total. The van der Waals surface area contributed by atoms with Crippen molar-refractivity contribution in [1.29, 1.82) is 0 Å². The van der Waals surface area contributed by atoms with E-state index in [2.05, 4.69) is 29.5 Å². The van der Waals surface area contributed by atoms with Gasteiger partial charge in [0.25, 0.3) is 0 Å². The van der Waals surface area contributed by atoms with Crippen LogP contribution in [0.25, 0.3) is 0 Å². The fourth-order valence-corrected chi connectivity index (χ4v) is 2.27. The second-order valence-corrected chi connectivity index (χ2v) is 5.40. The summed E-state index contributed by atoms with van der Waals surface area (Å²) in [6, 6.07) is 0.509. The molecule has 0 amide bonds. The van der Waals surface area contributed by atoms with Crippen LogP contribution in [0, 0.1) is 5.41 Å². The minimum Gasteiger partial charge on any atom is -0.381 e. The SMILES string of the molecule is CC(C)NCC1(Cc2cn(C)nn2)CCOC1. The van der Waals surface area contributed by atoms with Crippen molar-refractivity contribution < 1.29 is 4.74 Å². The average Bonchev–Trinajstić information content (AvgIpc) is 2.87. The third kappa shape index (κ3) is 3.26. The number of nitrogens with zero attached hydrogens (tertiary/aromatic N) is 3. The van der Waals surface area contributed by atoms with E-state index in [1.807, 2.05) is 13.2 Å². The third-order valence-electron chi connectivity index (χ3n) is 3.28. The predicted octanol–water partition coefficient (Wildman–Crippen LogP) is 0.762. The van der Waals surface area contributed by atoms with E-state index < -0.39 is 0 Å². The molecule has 5 heteroatoms. The highest BCUT2D eigenvalue weighted by molar-refractivity contribution is 5.01. The first-order valence-corrected chi connectivity index (χ1v) is 6.26. The summed E-state index contributed by atoms with van der Waals surface area (Å²) in [5, 5.41) is 11.7. The van der Waals surface area contributed by atoms with Gasteiger partial charge in [-0.15, -0.1) is 5.10 Å². The molecule has 1 aliphatic heterocycles. The Bertz CT molecular complexity index is 355. The van der Waals surface area contributed by atoms with Gasteiger partial charge >= 0.3 is 0 Å². The van der Waals surface area contributed by atoms with Crippen LogP contribution >= 0.6 is 0 Å². The van der Waals surface area contributed by atoms with Crippen LogP contribution in [0.1, 0.15) is 26.0 Å². The smallest absolute Gasteiger partial charge is 0.0833 e. The first-order chi connectivity index (χ1) is 8.10. The summed E-state index contributed by atoms with van der Waals surface area (Å²) in [7, 11) is 1.90. The zero-order valence-corrected chi connectivity index (χ0v) is 10.9. The van der Waals surface area contributed by atoms with Gasteiger partial charge in [0.15, 0.2) is 0 Å². The number of hydrogen-bond donors (Lipinski definition) is 1. The highest BCUT2D eigenvalue weighted by Crippen LogP contribution is 2.31. The fraction of sp³-hybridized carbons (Fsp3) is 0.833. The number of aromatic nitrogens is 3. The highest BCUT2D eigenvalue weighted by Gasteiger charge is 2.35. The molecule has 1 aliphatic rings. The number of ether oxygens (including phenoxy) is 1. The molecule has 0 saturated carbocycles. The maximum Gasteiger partial charge on any atom is 0.0833 e. The molecule has 1 fully saturated rings. The molecule has 2 rings (SSSR count). The van der Waals surface area contributed by atoms with Crippen molar-refractivity contribution >= 4 is 0 Å². The van der Waals surface area contributed by atoms with Crippen LogP contribution in [0.2, 0.25) is 0 Å². The number of nitrogens with one attached hydrogen (secondary N) is 1. The molecule has 0 spiro atoms. The quantitative estimate of drug-likeness (QED) is 0.823. The lowest BCUT2D eigenvalue weighted by Crippen LogP contribution is -2.39. The van der Waals surface area contributed by atoms with Gasteiger partial charge in [-0.2, -0.15) is 0 Å². The number of rotatable bonds is 5. The third-order valence-corrected chi connectivity index (χ3v) is 3.28. The Morgan fingerprint density at radius 3 is 2.94 bits per heavy atom. The van der Waals surface area contributed by atoms with E-state index in [4.69, 9.17) is 4.74 Å². The van der Waals surface area contributed by atoms with Gasteiger partial charge in [0.2, 0.25) is 0 Å².